The van der Waals surface area contributed by atoms with Crippen molar-refractivity contribution in [3.63, 3.8) is 0 Å². The molecule has 2 aliphatic carbocycles. The molecular weight excluding hydrogens is 556 g/mol. The monoisotopic (exact) mass is 598 g/mol. The van der Waals surface area contributed by atoms with Crippen LogP contribution >= 0.6 is 23.5 Å². The molecule has 0 bridgehead atoms. The third kappa shape index (κ3) is 6.58. The number of methoxy groups -OCH3 is 1. The molecule has 222 valence electrons. The highest BCUT2D eigenvalue weighted by atomic mass is 35.5. The van der Waals surface area contributed by atoms with Crippen LogP contribution in [0.25, 0.3) is 0 Å². The molecule has 0 spiro atoms. The number of halogens is 1. The van der Waals surface area contributed by atoms with E-state index < -0.39 is 5.97 Å². The molecule has 1 fully saturated rings. The van der Waals surface area contributed by atoms with Gasteiger partial charge in [0.1, 0.15) is 5.75 Å². The number of rotatable bonds is 12. The van der Waals surface area contributed by atoms with Gasteiger partial charge in [-0.25, -0.2) is 4.79 Å². The minimum absolute atomic E-state index is 0.127. The number of ether oxygens (including phenoxy) is 2. The molecule has 0 saturated heterocycles. The third-order valence-electron chi connectivity index (χ3n) is 9.35. The number of carboxylic acid groups (broad SMARTS) is 1. The molecule has 2 aromatic rings. The Bertz CT molecular complexity index is 1270. The van der Waals surface area contributed by atoms with E-state index in [4.69, 9.17) is 26.2 Å². The van der Waals surface area contributed by atoms with Gasteiger partial charge in [0.2, 0.25) is 0 Å². The standard InChI is InChI=1S/C33H43ClN2O4S/c1-4-5-22-15-27(34)7-8-28(22)26-18-36(29-16-23(33(37)38)6-9-30(29)40-19-26)17-25-12-20(2)31(25)32(39-3)24-13-21(14-24)10-11-41-35/h6-9,13,15-16,20-21,25-26,31-32H,4-5,10-12,14,17-19,35H2,1-3H3,(H,37,38). The summed E-state index contributed by atoms with van der Waals surface area (Å²) in [5, 5.41) is 16.2. The van der Waals surface area contributed by atoms with Gasteiger partial charge in [0.05, 0.1) is 24.0 Å². The maximum atomic E-state index is 11.9. The second kappa shape index (κ2) is 13.4. The number of benzene rings is 2. The molecule has 6 unspecified atom stereocenters. The first-order valence-corrected chi connectivity index (χ1v) is 16.3. The van der Waals surface area contributed by atoms with Crippen LogP contribution in [-0.4, -0.2) is 49.7 Å². The van der Waals surface area contributed by atoms with E-state index in [9.17, 15) is 9.90 Å². The van der Waals surface area contributed by atoms with Crippen LogP contribution in [0.2, 0.25) is 5.02 Å². The Morgan fingerprint density at radius 1 is 1.29 bits per heavy atom. The topological polar surface area (TPSA) is 85.0 Å². The van der Waals surface area contributed by atoms with Crippen molar-refractivity contribution in [3.8, 4) is 5.75 Å². The lowest BCUT2D eigenvalue weighted by molar-refractivity contribution is -0.0389. The fraction of sp³-hybridized carbons (Fsp3) is 0.545. The zero-order valence-corrected chi connectivity index (χ0v) is 25.9. The fourth-order valence-electron chi connectivity index (χ4n) is 7.28. The molecule has 8 heteroatoms. The number of allylic oxidation sites excluding steroid dienone is 1. The molecule has 0 radical (unpaired) electrons. The van der Waals surface area contributed by atoms with Crippen LogP contribution in [0, 0.1) is 23.7 Å². The SMILES string of the molecule is CCCc1cc(Cl)ccc1C1COc2ccc(C(=O)O)cc2N(CC2CC(C)C2C(OC)C2=CC(CCSN)C2)C1. The van der Waals surface area contributed by atoms with Crippen molar-refractivity contribution in [2.75, 3.05) is 37.5 Å². The quantitative estimate of drug-likeness (QED) is 0.197. The number of carboxylic acids is 1. The summed E-state index contributed by atoms with van der Waals surface area (Å²) in [7, 11) is 1.84. The molecular formula is C33H43ClN2O4S. The summed E-state index contributed by atoms with van der Waals surface area (Å²) >= 11 is 7.82. The molecule has 0 amide bonds. The van der Waals surface area contributed by atoms with Gasteiger partial charge < -0.3 is 19.5 Å². The van der Waals surface area contributed by atoms with E-state index in [0.29, 0.717) is 30.3 Å². The fourth-order valence-corrected chi connectivity index (χ4v) is 7.91. The number of anilines is 1. The lowest BCUT2D eigenvalue weighted by Crippen LogP contribution is -2.50. The minimum atomic E-state index is -0.925. The van der Waals surface area contributed by atoms with Crippen molar-refractivity contribution >= 4 is 35.2 Å². The van der Waals surface area contributed by atoms with Gasteiger partial charge in [-0.3, -0.25) is 5.14 Å². The highest BCUT2D eigenvalue weighted by Crippen LogP contribution is 2.49. The summed E-state index contributed by atoms with van der Waals surface area (Å²) in [6, 6.07) is 11.5. The molecule has 0 aromatic heterocycles. The van der Waals surface area contributed by atoms with E-state index in [1.165, 1.54) is 28.6 Å². The average Bonchev–Trinajstić information content (AvgIpc) is 3.10. The van der Waals surface area contributed by atoms with Gasteiger partial charge in [-0.05, 0) is 96.4 Å². The highest BCUT2D eigenvalue weighted by molar-refractivity contribution is 7.97. The van der Waals surface area contributed by atoms with E-state index in [1.807, 2.05) is 19.2 Å². The summed E-state index contributed by atoms with van der Waals surface area (Å²) < 4.78 is 12.5. The van der Waals surface area contributed by atoms with Gasteiger partial charge >= 0.3 is 5.97 Å². The van der Waals surface area contributed by atoms with Crippen molar-refractivity contribution in [2.24, 2.45) is 28.8 Å². The molecule has 6 atom stereocenters. The summed E-state index contributed by atoms with van der Waals surface area (Å²) in [6.07, 6.45) is 7.87. The predicted molar refractivity (Wildman–Crippen MR) is 168 cm³/mol. The van der Waals surface area contributed by atoms with Crippen LogP contribution in [0.3, 0.4) is 0 Å². The molecule has 1 aliphatic heterocycles. The molecule has 41 heavy (non-hydrogen) atoms. The summed E-state index contributed by atoms with van der Waals surface area (Å²) in [4.78, 5) is 14.3. The molecule has 2 aromatic carbocycles. The molecule has 6 nitrogen and oxygen atoms in total. The van der Waals surface area contributed by atoms with Crippen molar-refractivity contribution < 1.29 is 19.4 Å². The summed E-state index contributed by atoms with van der Waals surface area (Å²) in [5.74, 6) is 2.99. The van der Waals surface area contributed by atoms with Crippen LogP contribution in [0.15, 0.2) is 48.0 Å². The molecule has 3 aliphatic rings. The number of nitrogens with zero attached hydrogens (tertiary/aromatic N) is 1. The van der Waals surface area contributed by atoms with Gasteiger partial charge in [-0.2, -0.15) is 0 Å². The van der Waals surface area contributed by atoms with Gasteiger partial charge in [-0.1, -0.05) is 56.0 Å². The van der Waals surface area contributed by atoms with E-state index in [2.05, 4.69) is 37.0 Å². The maximum Gasteiger partial charge on any atom is 0.335 e. The Morgan fingerprint density at radius 3 is 2.78 bits per heavy atom. The van der Waals surface area contributed by atoms with Crippen LogP contribution in [0.5, 0.6) is 5.75 Å². The normalized spacial score (nSPS) is 26.1. The maximum absolute atomic E-state index is 11.9. The van der Waals surface area contributed by atoms with E-state index in [1.54, 1.807) is 12.1 Å². The van der Waals surface area contributed by atoms with Crippen LogP contribution in [-0.2, 0) is 11.2 Å². The second-order valence-electron chi connectivity index (χ2n) is 12.1. The first kappa shape index (κ1) is 30.3. The molecule has 1 saturated carbocycles. The van der Waals surface area contributed by atoms with E-state index in [-0.39, 0.29) is 17.6 Å². The number of aromatic carboxylic acids is 1. The van der Waals surface area contributed by atoms with Gasteiger partial charge in [0.15, 0.2) is 0 Å². The zero-order valence-electron chi connectivity index (χ0n) is 24.4. The van der Waals surface area contributed by atoms with Crippen molar-refractivity contribution in [3.05, 3.63) is 69.8 Å². The van der Waals surface area contributed by atoms with Gasteiger partial charge in [0.25, 0.3) is 0 Å². The van der Waals surface area contributed by atoms with Gasteiger partial charge in [-0.15, -0.1) is 0 Å². The van der Waals surface area contributed by atoms with Crippen molar-refractivity contribution in [2.45, 2.75) is 58.0 Å². The molecule has 3 N–H and O–H groups in total. The van der Waals surface area contributed by atoms with Gasteiger partial charge in [0, 0.05) is 36.9 Å². The summed E-state index contributed by atoms with van der Waals surface area (Å²) in [5.41, 5.74) is 5.11. The Balaban J connectivity index is 1.42. The Hall–Kier alpha value is -2.19. The largest absolute Gasteiger partial charge is 0.491 e. The highest BCUT2D eigenvalue weighted by Gasteiger charge is 2.46. The zero-order chi connectivity index (χ0) is 29.1. The van der Waals surface area contributed by atoms with Crippen molar-refractivity contribution in [1.82, 2.24) is 0 Å². The Labute approximate surface area is 253 Å². The second-order valence-corrected chi connectivity index (χ2v) is 13.2. The smallest absolute Gasteiger partial charge is 0.335 e. The van der Waals surface area contributed by atoms with Crippen LogP contribution in [0.4, 0.5) is 5.69 Å². The van der Waals surface area contributed by atoms with E-state index >= 15 is 0 Å². The van der Waals surface area contributed by atoms with E-state index in [0.717, 1.165) is 67.4 Å². The lowest BCUT2D eigenvalue weighted by atomic mass is 9.60. The first-order valence-electron chi connectivity index (χ1n) is 14.9. The number of hydrogen-bond acceptors (Lipinski definition) is 6. The van der Waals surface area contributed by atoms with Crippen molar-refractivity contribution in [1.29, 1.82) is 0 Å². The molecule has 1 heterocycles. The third-order valence-corrected chi connectivity index (χ3v) is 10.1. The van der Waals surface area contributed by atoms with Crippen LogP contribution < -0.4 is 14.8 Å². The Kier molecular flexibility index (Phi) is 9.90. The average molecular weight is 599 g/mol. The summed E-state index contributed by atoms with van der Waals surface area (Å²) in [6.45, 7) is 6.65. The number of hydrogen-bond donors (Lipinski definition) is 2. The Morgan fingerprint density at radius 2 is 2.10 bits per heavy atom. The predicted octanol–water partition coefficient (Wildman–Crippen LogP) is 7.20. The number of fused-ring (bicyclic) bond motifs is 1. The number of nitrogens with two attached hydrogens (primary N) is 1. The molecule has 5 rings (SSSR count). The number of carbonyl (C=O) groups is 1. The number of aryl methyl sites for hydroxylation is 1. The first-order chi connectivity index (χ1) is 19.8. The minimum Gasteiger partial charge on any atom is -0.491 e. The van der Waals surface area contributed by atoms with Crippen LogP contribution in [0.1, 0.15) is 66.9 Å². The lowest BCUT2D eigenvalue weighted by Gasteiger charge is -2.50.